The lowest BCUT2D eigenvalue weighted by Crippen LogP contribution is -2.08. The molecule has 0 aromatic heterocycles. The van der Waals surface area contributed by atoms with E-state index in [1.807, 2.05) is 30.3 Å². The number of rotatable bonds is 5. The van der Waals surface area contributed by atoms with E-state index in [0.717, 1.165) is 23.3 Å². The van der Waals surface area contributed by atoms with E-state index >= 15 is 0 Å². The molecule has 2 aromatic carbocycles. The third-order valence-electron chi connectivity index (χ3n) is 3.04. The first-order chi connectivity index (χ1) is 9.19. The summed E-state index contributed by atoms with van der Waals surface area (Å²) in [6, 6.07) is 14.2. The van der Waals surface area contributed by atoms with Crippen LogP contribution >= 0.6 is 0 Å². The average Bonchev–Trinajstić information content (AvgIpc) is 2.45. The van der Waals surface area contributed by atoms with Crippen LogP contribution in [0.5, 0.6) is 5.75 Å². The van der Waals surface area contributed by atoms with Crippen LogP contribution in [0.1, 0.15) is 30.5 Å². The lowest BCUT2D eigenvalue weighted by molar-refractivity contribution is 0.305. The second kappa shape index (κ2) is 6.34. The third-order valence-corrected chi connectivity index (χ3v) is 3.04. The lowest BCUT2D eigenvalue weighted by Gasteiger charge is -2.11. The molecule has 0 amide bonds. The van der Waals surface area contributed by atoms with E-state index in [0.29, 0.717) is 6.61 Å². The molecule has 0 fully saturated rings. The zero-order chi connectivity index (χ0) is 13.7. The Bertz CT molecular complexity index is 525. The van der Waals surface area contributed by atoms with Gasteiger partial charge < -0.3 is 10.5 Å². The van der Waals surface area contributed by atoms with Crippen LogP contribution < -0.4 is 10.5 Å². The van der Waals surface area contributed by atoms with Gasteiger partial charge in [0.2, 0.25) is 0 Å². The zero-order valence-electron chi connectivity index (χ0n) is 11.0. The molecule has 0 aliphatic carbocycles. The Balaban J connectivity index is 1.96. The molecule has 2 aromatic rings. The van der Waals surface area contributed by atoms with Gasteiger partial charge in [-0.1, -0.05) is 31.2 Å². The van der Waals surface area contributed by atoms with Gasteiger partial charge in [-0.25, -0.2) is 4.39 Å². The molecule has 3 heteroatoms. The molecule has 0 aliphatic heterocycles. The van der Waals surface area contributed by atoms with Gasteiger partial charge in [0.15, 0.2) is 0 Å². The summed E-state index contributed by atoms with van der Waals surface area (Å²) in [6.07, 6.45) is 0.906. The maximum Gasteiger partial charge on any atom is 0.123 e. The van der Waals surface area contributed by atoms with Crippen molar-refractivity contribution in [2.24, 2.45) is 5.73 Å². The number of nitrogens with two attached hydrogens (primary N) is 1. The topological polar surface area (TPSA) is 35.2 Å². The zero-order valence-corrected chi connectivity index (χ0v) is 11.0. The minimum absolute atomic E-state index is 0.0669. The lowest BCUT2D eigenvalue weighted by atomic mass is 10.1. The Hall–Kier alpha value is -1.87. The molecule has 0 radical (unpaired) electrons. The highest BCUT2D eigenvalue weighted by atomic mass is 19.1. The molecule has 0 spiro atoms. The molecular weight excluding hydrogens is 241 g/mol. The third kappa shape index (κ3) is 3.80. The molecular formula is C16H18FNO. The smallest absolute Gasteiger partial charge is 0.123 e. The van der Waals surface area contributed by atoms with Gasteiger partial charge in [-0.05, 0) is 41.8 Å². The van der Waals surface area contributed by atoms with Crippen molar-refractivity contribution in [2.45, 2.75) is 26.0 Å². The van der Waals surface area contributed by atoms with E-state index in [2.05, 4.69) is 6.92 Å². The van der Waals surface area contributed by atoms with Gasteiger partial charge in [0.25, 0.3) is 0 Å². The van der Waals surface area contributed by atoms with Crippen LogP contribution in [-0.4, -0.2) is 0 Å². The van der Waals surface area contributed by atoms with Gasteiger partial charge in [0, 0.05) is 6.04 Å². The summed E-state index contributed by atoms with van der Waals surface area (Å²) < 4.78 is 18.6. The Labute approximate surface area is 113 Å². The monoisotopic (exact) mass is 259 g/mol. The van der Waals surface area contributed by atoms with Crippen LogP contribution in [0.2, 0.25) is 0 Å². The summed E-state index contributed by atoms with van der Waals surface area (Å²) in [7, 11) is 0. The molecule has 2 N–H and O–H groups in total. The van der Waals surface area contributed by atoms with E-state index in [9.17, 15) is 4.39 Å². The highest BCUT2D eigenvalue weighted by molar-refractivity contribution is 5.29. The van der Waals surface area contributed by atoms with Crippen LogP contribution in [0.25, 0.3) is 0 Å². The van der Waals surface area contributed by atoms with E-state index in [1.54, 1.807) is 6.07 Å². The first-order valence-corrected chi connectivity index (χ1v) is 6.42. The van der Waals surface area contributed by atoms with Crippen molar-refractivity contribution < 1.29 is 9.13 Å². The molecule has 0 saturated carbocycles. The Kier molecular flexibility index (Phi) is 4.53. The Morgan fingerprint density at radius 1 is 1.16 bits per heavy atom. The Morgan fingerprint density at radius 3 is 2.53 bits per heavy atom. The van der Waals surface area contributed by atoms with Crippen LogP contribution in [0.3, 0.4) is 0 Å². The summed E-state index contributed by atoms with van der Waals surface area (Å²) in [5.41, 5.74) is 7.86. The molecule has 1 atom stereocenters. The van der Waals surface area contributed by atoms with Crippen molar-refractivity contribution in [3.05, 3.63) is 65.5 Å². The minimum Gasteiger partial charge on any atom is -0.489 e. The van der Waals surface area contributed by atoms with E-state index in [4.69, 9.17) is 10.5 Å². The van der Waals surface area contributed by atoms with Crippen molar-refractivity contribution >= 4 is 0 Å². The fourth-order valence-corrected chi connectivity index (χ4v) is 1.84. The number of halogens is 1. The quantitative estimate of drug-likeness (QED) is 0.886. The van der Waals surface area contributed by atoms with Crippen molar-refractivity contribution in [1.82, 2.24) is 0 Å². The van der Waals surface area contributed by atoms with Crippen LogP contribution in [0.4, 0.5) is 4.39 Å². The molecule has 1 unspecified atom stereocenters. The SMILES string of the molecule is CCC(N)c1ccc(OCc2cccc(F)c2)cc1. The van der Waals surface area contributed by atoms with Gasteiger partial charge in [0.1, 0.15) is 18.2 Å². The highest BCUT2D eigenvalue weighted by Crippen LogP contribution is 2.19. The number of hydrogen-bond acceptors (Lipinski definition) is 2. The van der Waals surface area contributed by atoms with Crippen LogP contribution in [0.15, 0.2) is 48.5 Å². The first kappa shape index (κ1) is 13.6. The second-order valence-electron chi connectivity index (χ2n) is 4.50. The minimum atomic E-state index is -0.245. The average molecular weight is 259 g/mol. The van der Waals surface area contributed by atoms with Crippen molar-refractivity contribution in [2.75, 3.05) is 0 Å². The maximum atomic E-state index is 13.0. The van der Waals surface area contributed by atoms with E-state index in [-0.39, 0.29) is 11.9 Å². The summed E-state index contributed by atoms with van der Waals surface area (Å²) >= 11 is 0. The van der Waals surface area contributed by atoms with Crippen molar-refractivity contribution in [1.29, 1.82) is 0 Å². The summed E-state index contributed by atoms with van der Waals surface area (Å²) in [4.78, 5) is 0. The van der Waals surface area contributed by atoms with E-state index < -0.39 is 0 Å². The molecule has 19 heavy (non-hydrogen) atoms. The van der Waals surface area contributed by atoms with Crippen molar-refractivity contribution in [3.63, 3.8) is 0 Å². The predicted molar refractivity (Wildman–Crippen MR) is 74.4 cm³/mol. The fourth-order valence-electron chi connectivity index (χ4n) is 1.84. The van der Waals surface area contributed by atoms with Crippen molar-refractivity contribution in [3.8, 4) is 5.75 Å². The van der Waals surface area contributed by atoms with E-state index in [1.165, 1.54) is 12.1 Å². The molecule has 0 bridgehead atoms. The molecule has 100 valence electrons. The van der Waals surface area contributed by atoms with Gasteiger partial charge >= 0.3 is 0 Å². The largest absolute Gasteiger partial charge is 0.489 e. The first-order valence-electron chi connectivity index (χ1n) is 6.42. The molecule has 0 heterocycles. The fraction of sp³-hybridized carbons (Fsp3) is 0.250. The van der Waals surface area contributed by atoms with Gasteiger partial charge in [-0.2, -0.15) is 0 Å². The number of benzene rings is 2. The van der Waals surface area contributed by atoms with Crippen LogP contribution in [0, 0.1) is 5.82 Å². The number of hydrogen-bond donors (Lipinski definition) is 1. The normalized spacial score (nSPS) is 12.2. The Morgan fingerprint density at radius 2 is 1.89 bits per heavy atom. The molecule has 0 saturated heterocycles. The van der Waals surface area contributed by atoms with Crippen LogP contribution in [-0.2, 0) is 6.61 Å². The van der Waals surface area contributed by atoms with Gasteiger partial charge in [-0.3, -0.25) is 0 Å². The second-order valence-corrected chi connectivity index (χ2v) is 4.50. The summed E-state index contributed by atoms with van der Waals surface area (Å²) in [5.74, 6) is 0.515. The number of ether oxygens (including phenoxy) is 1. The van der Waals surface area contributed by atoms with Gasteiger partial charge in [0.05, 0.1) is 0 Å². The summed E-state index contributed by atoms with van der Waals surface area (Å²) in [6.45, 7) is 2.41. The summed E-state index contributed by atoms with van der Waals surface area (Å²) in [5, 5.41) is 0. The molecule has 2 rings (SSSR count). The van der Waals surface area contributed by atoms with Gasteiger partial charge in [-0.15, -0.1) is 0 Å². The molecule has 2 nitrogen and oxygen atoms in total. The highest BCUT2D eigenvalue weighted by Gasteiger charge is 2.03. The maximum absolute atomic E-state index is 13.0. The standard InChI is InChI=1S/C16H18FNO/c1-2-16(18)13-6-8-15(9-7-13)19-11-12-4-3-5-14(17)10-12/h3-10,16H,2,11,18H2,1H3. The predicted octanol–water partition coefficient (Wildman–Crippen LogP) is 3.81. The molecule has 0 aliphatic rings.